The lowest BCUT2D eigenvalue weighted by Crippen LogP contribution is -2.36. The highest BCUT2D eigenvalue weighted by molar-refractivity contribution is 6.07. The minimum Gasteiger partial charge on any atom is -0.465 e. The molecule has 1 saturated heterocycles. The Morgan fingerprint density at radius 1 is 1.36 bits per heavy atom. The molecular weight excluding hydrogens is 292 g/mol. The number of likely N-dealkylation sites (tertiary alicyclic amines) is 1. The number of non-ortho nitro benzene ring substituents is 1. The van der Waals surface area contributed by atoms with E-state index in [1.165, 1.54) is 24.3 Å². The molecule has 0 spiro atoms. The van der Waals surface area contributed by atoms with Crippen molar-refractivity contribution in [2.75, 3.05) is 13.2 Å². The normalized spacial score (nSPS) is 17.7. The van der Waals surface area contributed by atoms with Gasteiger partial charge in [0.05, 0.1) is 17.4 Å². The molecule has 0 aromatic heterocycles. The lowest BCUT2D eigenvalue weighted by Gasteiger charge is -2.13. The number of esters is 1. The fourth-order valence-electron chi connectivity index (χ4n) is 2.27. The van der Waals surface area contributed by atoms with Crippen LogP contribution in [0.4, 0.5) is 5.69 Å². The first-order valence-electron chi connectivity index (χ1n) is 6.68. The van der Waals surface area contributed by atoms with E-state index in [2.05, 4.69) is 0 Å². The summed E-state index contributed by atoms with van der Waals surface area (Å²) in [6.45, 7) is 1.39. The maximum absolute atomic E-state index is 12.2. The van der Waals surface area contributed by atoms with Gasteiger partial charge in [-0.25, -0.2) is 0 Å². The first-order chi connectivity index (χ1) is 10.4. The summed E-state index contributed by atoms with van der Waals surface area (Å²) in [6.07, 6.45) is -0.0595. The minimum atomic E-state index is -0.720. The number of hydrogen-bond acceptors (Lipinski definition) is 6. The molecule has 116 valence electrons. The zero-order valence-electron chi connectivity index (χ0n) is 11.9. The lowest BCUT2D eigenvalue weighted by atomic mass is 9.97. The van der Waals surface area contributed by atoms with Gasteiger partial charge in [0.1, 0.15) is 6.54 Å². The maximum Gasteiger partial charge on any atom is 0.326 e. The number of nitro benzene ring substituents is 1. The zero-order chi connectivity index (χ0) is 16.3. The van der Waals surface area contributed by atoms with Crippen LogP contribution in [0.1, 0.15) is 24.8 Å². The van der Waals surface area contributed by atoms with Crippen LogP contribution in [0.5, 0.6) is 0 Å². The fraction of sp³-hybridized carbons (Fsp3) is 0.357. The van der Waals surface area contributed by atoms with E-state index in [1.807, 2.05) is 0 Å². The van der Waals surface area contributed by atoms with Gasteiger partial charge >= 0.3 is 5.97 Å². The van der Waals surface area contributed by atoms with Crippen LogP contribution in [0.2, 0.25) is 0 Å². The Kier molecular flexibility index (Phi) is 4.50. The summed E-state index contributed by atoms with van der Waals surface area (Å²) >= 11 is 0. The van der Waals surface area contributed by atoms with Crippen molar-refractivity contribution in [1.29, 1.82) is 0 Å². The van der Waals surface area contributed by atoms with Gasteiger partial charge < -0.3 is 4.74 Å². The quantitative estimate of drug-likeness (QED) is 0.347. The van der Waals surface area contributed by atoms with E-state index in [0.717, 1.165) is 4.90 Å². The first-order valence-corrected chi connectivity index (χ1v) is 6.68. The smallest absolute Gasteiger partial charge is 0.326 e. The molecule has 0 saturated carbocycles. The Morgan fingerprint density at radius 2 is 2.00 bits per heavy atom. The second-order valence-electron chi connectivity index (χ2n) is 4.73. The molecule has 1 aliphatic heterocycles. The van der Waals surface area contributed by atoms with Crippen LogP contribution in [0.3, 0.4) is 0 Å². The number of ether oxygens (including phenoxy) is 1. The average Bonchev–Trinajstić information content (AvgIpc) is 2.76. The van der Waals surface area contributed by atoms with Gasteiger partial charge in [-0.05, 0) is 12.5 Å². The number of imide groups is 1. The van der Waals surface area contributed by atoms with E-state index in [4.69, 9.17) is 4.74 Å². The molecule has 0 radical (unpaired) electrons. The molecule has 1 fully saturated rings. The van der Waals surface area contributed by atoms with Crippen molar-refractivity contribution in [3.8, 4) is 0 Å². The summed E-state index contributed by atoms with van der Waals surface area (Å²) in [7, 11) is 0. The van der Waals surface area contributed by atoms with Crippen LogP contribution in [0.25, 0.3) is 0 Å². The summed E-state index contributed by atoms with van der Waals surface area (Å²) in [6, 6.07) is 5.45. The molecule has 8 heteroatoms. The number of amides is 2. The van der Waals surface area contributed by atoms with Crippen LogP contribution in [0, 0.1) is 10.1 Å². The van der Waals surface area contributed by atoms with Gasteiger partial charge in [0.15, 0.2) is 0 Å². The Morgan fingerprint density at radius 3 is 2.55 bits per heavy atom. The highest BCUT2D eigenvalue weighted by atomic mass is 16.6. The molecule has 1 heterocycles. The van der Waals surface area contributed by atoms with Crippen LogP contribution < -0.4 is 0 Å². The van der Waals surface area contributed by atoms with Crippen molar-refractivity contribution >= 4 is 23.5 Å². The van der Waals surface area contributed by atoms with Crippen molar-refractivity contribution in [3.63, 3.8) is 0 Å². The Bertz CT molecular complexity index is 625. The average molecular weight is 306 g/mol. The minimum absolute atomic E-state index is 0.0595. The molecule has 1 aromatic rings. The Labute approximate surface area is 125 Å². The van der Waals surface area contributed by atoms with Gasteiger partial charge in [-0.15, -0.1) is 0 Å². The summed E-state index contributed by atoms with van der Waals surface area (Å²) in [5.41, 5.74) is 0.416. The molecule has 0 aliphatic carbocycles. The molecule has 0 N–H and O–H groups in total. The number of nitrogens with zero attached hydrogens (tertiary/aromatic N) is 2. The van der Waals surface area contributed by atoms with Crippen LogP contribution in [0.15, 0.2) is 24.3 Å². The SMILES string of the molecule is CCOC(=O)CN1C(=O)C[C@H](c2ccc([N+](=O)[O-])cc2)C1=O. The Hall–Kier alpha value is -2.77. The van der Waals surface area contributed by atoms with Crippen molar-refractivity contribution in [2.45, 2.75) is 19.3 Å². The molecule has 1 aliphatic rings. The van der Waals surface area contributed by atoms with E-state index in [9.17, 15) is 24.5 Å². The van der Waals surface area contributed by atoms with Gasteiger partial charge in [0.25, 0.3) is 5.69 Å². The number of rotatable bonds is 5. The first kappa shape index (κ1) is 15.6. The Balaban J connectivity index is 2.13. The van der Waals surface area contributed by atoms with Gasteiger partial charge in [-0.3, -0.25) is 29.4 Å². The molecule has 1 aromatic carbocycles. The molecule has 0 unspecified atom stereocenters. The third-order valence-electron chi connectivity index (χ3n) is 3.34. The predicted molar refractivity (Wildman–Crippen MR) is 73.8 cm³/mol. The highest BCUT2D eigenvalue weighted by Crippen LogP contribution is 2.30. The van der Waals surface area contributed by atoms with Crippen molar-refractivity contribution in [1.82, 2.24) is 4.90 Å². The van der Waals surface area contributed by atoms with Gasteiger partial charge in [-0.1, -0.05) is 12.1 Å². The largest absolute Gasteiger partial charge is 0.465 e. The summed E-state index contributed by atoms with van der Waals surface area (Å²) in [5, 5.41) is 10.6. The van der Waals surface area contributed by atoms with Gasteiger partial charge in [0, 0.05) is 18.6 Å². The number of benzene rings is 1. The molecule has 2 rings (SSSR count). The van der Waals surface area contributed by atoms with Crippen LogP contribution in [-0.4, -0.2) is 40.8 Å². The topological polar surface area (TPSA) is 107 Å². The molecule has 0 bridgehead atoms. The third-order valence-corrected chi connectivity index (χ3v) is 3.34. The lowest BCUT2D eigenvalue weighted by molar-refractivity contribution is -0.384. The van der Waals surface area contributed by atoms with E-state index in [0.29, 0.717) is 5.56 Å². The third kappa shape index (κ3) is 3.11. The maximum atomic E-state index is 12.2. The fourth-order valence-corrected chi connectivity index (χ4v) is 2.27. The number of nitro groups is 1. The molecule has 1 atom stereocenters. The van der Waals surface area contributed by atoms with Crippen molar-refractivity contribution in [2.24, 2.45) is 0 Å². The van der Waals surface area contributed by atoms with Gasteiger partial charge in [0.2, 0.25) is 11.8 Å². The van der Waals surface area contributed by atoms with E-state index in [-0.39, 0.29) is 18.7 Å². The zero-order valence-corrected chi connectivity index (χ0v) is 11.9. The monoisotopic (exact) mass is 306 g/mol. The second kappa shape index (κ2) is 6.33. The van der Waals surface area contributed by atoms with Crippen molar-refractivity contribution in [3.05, 3.63) is 39.9 Å². The van der Waals surface area contributed by atoms with Crippen LogP contribution in [-0.2, 0) is 19.1 Å². The summed E-state index contributed by atoms with van der Waals surface area (Å²) in [4.78, 5) is 46.5. The second-order valence-corrected chi connectivity index (χ2v) is 4.73. The molecule has 22 heavy (non-hydrogen) atoms. The highest BCUT2D eigenvalue weighted by Gasteiger charge is 2.40. The van der Waals surface area contributed by atoms with Gasteiger partial charge in [-0.2, -0.15) is 0 Å². The number of hydrogen-bond donors (Lipinski definition) is 0. The summed E-state index contributed by atoms with van der Waals surface area (Å²) < 4.78 is 4.72. The van der Waals surface area contributed by atoms with E-state index >= 15 is 0 Å². The molecule has 8 nitrogen and oxygen atoms in total. The van der Waals surface area contributed by atoms with E-state index < -0.39 is 35.2 Å². The number of carbonyl (C=O) groups is 3. The standard InChI is InChI=1S/C14H14N2O6/c1-2-22-13(18)8-15-12(17)7-11(14(15)19)9-3-5-10(6-4-9)16(20)21/h3-6,11H,2,7-8H2,1H3/t11-/m1/s1. The van der Waals surface area contributed by atoms with E-state index in [1.54, 1.807) is 6.92 Å². The molecular formula is C14H14N2O6. The predicted octanol–water partition coefficient (Wildman–Crippen LogP) is 1.00. The number of carbonyl (C=O) groups excluding carboxylic acids is 3. The van der Waals surface area contributed by atoms with Crippen LogP contribution >= 0.6 is 0 Å². The molecule has 2 amide bonds. The summed E-state index contributed by atoms with van der Waals surface area (Å²) in [5.74, 6) is -2.32. The van der Waals surface area contributed by atoms with Crippen molar-refractivity contribution < 1.29 is 24.0 Å².